The second-order valence-corrected chi connectivity index (χ2v) is 4.60. The van der Waals surface area contributed by atoms with Crippen LogP contribution in [0, 0.1) is 5.92 Å². The van der Waals surface area contributed by atoms with Crippen LogP contribution in [0.3, 0.4) is 0 Å². The molecule has 0 unspecified atom stereocenters. The van der Waals surface area contributed by atoms with E-state index in [1.165, 1.54) is 57.8 Å². The van der Waals surface area contributed by atoms with Gasteiger partial charge in [-0.1, -0.05) is 57.8 Å². The molecule has 1 heteroatoms. The maximum atomic E-state index is 9.96. The molecule has 1 rings (SSSR count). The van der Waals surface area contributed by atoms with Gasteiger partial charge >= 0.3 is 0 Å². The van der Waals surface area contributed by atoms with Crippen molar-refractivity contribution in [1.82, 2.24) is 0 Å². The smallest absolute Gasteiger partial charge is 0.198 e. The topological polar surface area (TPSA) is 17.1 Å². The largest absolute Gasteiger partial charge is 0.291 e. The normalized spacial score (nSPS) is 18.3. The third kappa shape index (κ3) is 5.41. The van der Waals surface area contributed by atoms with Crippen LogP contribution in [0.25, 0.3) is 0 Å². The van der Waals surface area contributed by atoms with E-state index < -0.39 is 0 Å². The fourth-order valence-electron chi connectivity index (χ4n) is 2.46. The summed E-state index contributed by atoms with van der Waals surface area (Å²) in [6.45, 7) is 0. The van der Waals surface area contributed by atoms with Crippen molar-refractivity contribution in [3.8, 4) is 0 Å². The van der Waals surface area contributed by atoms with Crippen molar-refractivity contribution in [1.29, 1.82) is 0 Å². The average Bonchev–Trinajstić information content (AvgIpc) is 2.25. The summed E-state index contributed by atoms with van der Waals surface area (Å²) in [4.78, 5) is 9.96. The van der Waals surface area contributed by atoms with Gasteiger partial charge in [-0.25, -0.2) is 0 Å². The standard InChI is InChI=1S/C13H23O/c14-12-8-3-1-2-5-9-13-10-6-4-7-11-13/h13H,1-11H2. The third-order valence-corrected chi connectivity index (χ3v) is 3.37. The summed E-state index contributed by atoms with van der Waals surface area (Å²) >= 11 is 0. The van der Waals surface area contributed by atoms with Crippen LogP contribution in [0.2, 0.25) is 0 Å². The summed E-state index contributed by atoms with van der Waals surface area (Å²) < 4.78 is 0. The molecule has 0 bridgehead atoms. The Morgan fingerprint density at radius 1 is 0.929 bits per heavy atom. The molecule has 0 amide bonds. The summed E-state index contributed by atoms with van der Waals surface area (Å²) in [5.74, 6) is 1.03. The Hall–Kier alpha value is -0.330. The highest BCUT2D eigenvalue weighted by Crippen LogP contribution is 2.27. The highest BCUT2D eigenvalue weighted by Gasteiger charge is 2.12. The van der Waals surface area contributed by atoms with E-state index in [4.69, 9.17) is 0 Å². The number of unbranched alkanes of at least 4 members (excludes halogenated alkanes) is 4. The van der Waals surface area contributed by atoms with Gasteiger partial charge in [-0.05, 0) is 12.3 Å². The molecular formula is C13H23O. The maximum absolute atomic E-state index is 9.96. The fraction of sp³-hybridized carbons (Fsp3) is 0.923. The number of carbonyl (C=O) groups excluding carboxylic acids is 1. The molecule has 14 heavy (non-hydrogen) atoms. The van der Waals surface area contributed by atoms with E-state index in [-0.39, 0.29) is 0 Å². The molecule has 0 aromatic rings. The fourth-order valence-corrected chi connectivity index (χ4v) is 2.46. The quantitative estimate of drug-likeness (QED) is 0.561. The van der Waals surface area contributed by atoms with Crippen LogP contribution in [-0.2, 0) is 4.79 Å². The van der Waals surface area contributed by atoms with E-state index >= 15 is 0 Å². The van der Waals surface area contributed by atoms with Crippen molar-refractivity contribution < 1.29 is 4.79 Å². The zero-order chi connectivity index (χ0) is 10.1. The van der Waals surface area contributed by atoms with Crippen LogP contribution in [0.4, 0.5) is 0 Å². The maximum Gasteiger partial charge on any atom is 0.198 e. The van der Waals surface area contributed by atoms with Gasteiger partial charge in [-0.3, -0.25) is 4.79 Å². The summed E-state index contributed by atoms with van der Waals surface area (Å²) in [7, 11) is 0. The number of rotatable bonds is 7. The van der Waals surface area contributed by atoms with E-state index in [1.807, 2.05) is 6.29 Å². The second-order valence-electron chi connectivity index (χ2n) is 4.60. The lowest BCUT2D eigenvalue weighted by Crippen LogP contribution is -2.05. The van der Waals surface area contributed by atoms with Crippen LogP contribution in [0.15, 0.2) is 0 Å². The zero-order valence-corrected chi connectivity index (χ0v) is 9.26. The Morgan fingerprint density at radius 3 is 2.36 bits per heavy atom. The van der Waals surface area contributed by atoms with Crippen molar-refractivity contribution in [2.75, 3.05) is 0 Å². The molecule has 1 aliphatic rings. The van der Waals surface area contributed by atoms with Gasteiger partial charge in [0, 0.05) is 6.42 Å². The van der Waals surface area contributed by atoms with Gasteiger partial charge in [-0.15, -0.1) is 0 Å². The van der Waals surface area contributed by atoms with E-state index in [0.717, 1.165) is 12.3 Å². The first-order chi connectivity index (χ1) is 6.93. The van der Waals surface area contributed by atoms with Crippen LogP contribution in [0.1, 0.15) is 70.6 Å². The first kappa shape index (κ1) is 11.7. The Labute approximate surface area is 88.3 Å². The molecule has 81 valence electrons. The predicted molar refractivity (Wildman–Crippen MR) is 60.0 cm³/mol. The van der Waals surface area contributed by atoms with Crippen molar-refractivity contribution in [2.24, 2.45) is 5.92 Å². The molecule has 1 fully saturated rings. The summed E-state index contributed by atoms with van der Waals surface area (Å²) in [6, 6.07) is 0. The highest BCUT2D eigenvalue weighted by molar-refractivity contribution is 5.50. The Kier molecular flexibility index (Phi) is 6.73. The molecule has 0 heterocycles. The van der Waals surface area contributed by atoms with E-state index in [2.05, 4.69) is 0 Å². The van der Waals surface area contributed by atoms with Gasteiger partial charge in [0.1, 0.15) is 0 Å². The minimum atomic E-state index is 0.642. The van der Waals surface area contributed by atoms with Crippen molar-refractivity contribution in [3.05, 3.63) is 0 Å². The molecule has 1 nitrogen and oxygen atoms in total. The Bertz CT molecular complexity index is 136. The van der Waals surface area contributed by atoms with Crippen LogP contribution < -0.4 is 0 Å². The van der Waals surface area contributed by atoms with E-state index in [0.29, 0.717) is 6.42 Å². The van der Waals surface area contributed by atoms with Gasteiger partial charge in [0.25, 0.3) is 0 Å². The van der Waals surface area contributed by atoms with Gasteiger partial charge in [-0.2, -0.15) is 0 Å². The summed E-state index contributed by atoms with van der Waals surface area (Å²) in [6.07, 6.45) is 16.3. The lowest BCUT2D eigenvalue weighted by Gasteiger charge is -2.21. The molecule has 0 N–H and O–H groups in total. The minimum absolute atomic E-state index is 0.642. The molecule has 0 atom stereocenters. The third-order valence-electron chi connectivity index (χ3n) is 3.37. The Balaban J connectivity index is 1.85. The molecule has 1 saturated carbocycles. The zero-order valence-electron chi connectivity index (χ0n) is 9.26. The second kappa shape index (κ2) is 8.02. The molecule has 0 aliphatic heterocycles. The SMILES string of the molecule is O=[C]CCCCCCC1CCCCC1. The van der Waals surface area contributed by atoms with Crippen molar-refractivity contribution >= 4 is 6.29 Å². The summed E-state index contributed by atoms with van der Waals surface area (Å²) in [5.41, 5.74) is 0. The first-order valence-electron chi connectivity index (χ1n) is 6.28. The predicted octanol–water partition coefficient (Wildman–Crippen LogP) is 4.02. The first-order valence-corrected chi connectivity index (χ1v) is 6.28. The van der Waals surface area contributed by atoms with E-state index in [9.17, 15) is 4.79 Å². The van der Waals surface area contributed by atoms with Crippen LogP contribution in [-0.4, -0.2) is 6.29 Å². The van der Waals surface area contributed by atoms with Crippen LogP contribution in [0.5, 0.6) is 0 Å². The average molecular weight is 195 g/mol. The van der Waals surface area contributed by atoms with Crippen LogP contribution >= 0.6 is 0 Å². The lowest BCUT2D eigenvalue weighted by atomic mass is 9.85. The number of hydrogen-bond acceptors (Lipinski definition) is 1. The molecule has 1 radical (unpaired) electrons. The molecular weight excluding hydrogens is 172 g/mol. The number of hydrogen-bond donors (Lipinski definition) is 0. The van der Waals surface area contributed by atoms with Gasteiger partial charge in [0.15, 0.2) is 6.29 Å². The lowest BCUT2D eigenvalue weighted by molar-refractivity contribution is 0.328. The molecule has 0 aromatic carbocycles. The van der Waals surface area contributed by atoms with Crippen molar-refractivity contribution in [2.45, 2.75) is 70.6 Å². The monoisotopic (exact) mass is 195 g/mol. The highest BCUT2D eigenvalue weighted by atomic mass is 16.1. The van der Waals surface area contributed by atoms with Gasteiger partial charge in [0.05, 0.1) is 0 Å². The minimum Gasteiger partial charge on any atom is -0.291 e. The van der Waals surface area contributed by atoms with Crippen molar-refractivity contribution in [3.63, 3.8) is 0 Å². The van der Waals surface area contributed by atoms with Gasteiger partial charge < -0.3 is 0 Å². The molecule has 0 aromatic heterocycles. The molecule has 0 spiro atoms. The molecule has 0 saturated heterocycles. The Morgan fingerprint density at radius 2 is 1.64 bits per heavy atom. The van der Waals surface area contributed by atoms with E-state index in [1.54, 1.807) is 0 Å². The molecule has 1 aliphatic carbocycles. The van der Waals surface area contributed by atoms with Gasteiger partial charge in [0.2, 0.25) is 0 Å². The summed E-state index contributed by atoms with van der Waals surface area (Å²) in [5, 5.41) is 0.